The van der Waals surface area contributed by atoms with Crippen molar-refractivity contribution in [2.24, 2.45) is 0 Å². The Hall–Kier alpha value is -1.39. The molecule has 0 aliphatic rings. The molecule has 0 saturated heterocycles. The van der Waals surface area contributed by atoms with Crippen LogP contribution in [0.5, 0.6) is 5.88 Å². The lowest BCUT2D eigenvalue weighted by Gasteiger charge is -2.15. The number of nitrogens with zero attached hydrogens (tertiary/aromatic N) is 1. The topological polar surface area (TPSA) is 34.1 Å². The Morgan fingerprint density at radius 2 is 2.22 bits per heavy atom. The first-order valence-electron chi connectivity index (χ1n) is 6.00. The van der Waals surface area contributed by atoms with E-state index in [4.69, 9.17) is 4.74 Å². The van der Waals surface area contributed by atoms with E-state index in [9.17, 15) is 0 Å². The third-order valence-electron chi connectivity index (χ3n) is 2.92. The molecular weight excluding hydrogens is 244 g/mol. The van der Waals surface area contributed by atoms with Crippen molar-refractivity contribution in [3.63, 3.8) is 0 Å². The number of methoxy groups -OCH3 is 1. The van der Waals surface area contributed by atoms with Crippen LogP contribution >= 0.6 is 11.3 Å². The summed E-state index contributed by atoms with van der Waals surface area (Å²) in [5.41, 5.74) is 1.23. The maximum Gasteiger partial charge on any atom is 0.212 e. The normalized spacial score (nSPS) is 12.3. The molecule has 18 heavy (non-hydrogen) atoms. The molecule has 3 nitrogen and oxygen atoms in total. The molecule has 1 atom stereocenters. The van der Waals surface area contributed by atoms with Crippen LogP contribution in [0, 0.1) is 0 Å². The van der Waals surface area contributed by atoms with Crippen LogP contribution < -0.4 is 10.1 Å². The number of likely N-dealkylation sites (N-methyl/N-ethyl adjacent to an activating group) is 1. The van der Waals surface area contributed by atoms with Crippen molar-refractivity contribution in [1.82, 2.24) is 10.3 Å². The first-order chi connectivity index (χ1) is 8.81. The van der Waals surface area contributed by atoms with E-state index in [-0.39, 0.29) is 0 Å². The van der Waals surface area contributed by atoms with Gasteiger partial charge in [0.05, 0.1) is 7.11 Å². The Kier molecular flexibility index (Phi) is 4.73. The average molecular weight is 262 g/mol. The van der Waals surface area contributed by atoms with Crippen molar-refractivity contribution in [3.05, 3.63) is 46.3 Å². The van der Waals surface area contributed by atoms with Gasteiger partial charge in [0.25, 0.3) is 0 Å². The van der Waals surface area contributed by atoms with E-state index in [2.05, 4.69) is 33.9 Å². The van der Waals surface area contributed by atoms with Crippen LogP contribution in [0.3, 0.4) is 0 Å². The molecular formula is C14H18N2OS. The lowest BCUT2D eigenvalue weighted by Crippen LogP contribution is -2.29. The van der Waals surface area contributed by atoms with Gasteiger partial charge in [0, 0.05) is 23.2 Å². The van der Waals surface area contributed by atoms with Crippen LogP contribution in [0.25, 0.3) is 0 Å². The zero-order valence-electron chi connectivity index (χ0n) is 10.7. The molecule has 0 aliphatic carbocycles. The van der Waals surface area contributed by atoms with Gasteiger partial charge < -0.3 is 10.1 Å². The number of thiophene rings is 1. The number of nitrogens with one attached hydrogen (secondary N) is 1. The summed E-state index contributed by atoms with van der Waals surface area (Å²) in [5, 5.41) is 5.49. The fraction of sp³-hybridized carbons (Fsp3) is 0.357. The van der Waals surface area contributed by atoms with E-state index >= 15 is 0 Å². The SMILES string of the molecule is CNC(Cc1ccc(OC)nc1)Cc1cccs1. The fourth-order valence-electron chi connectivity index (χ4n) is 1.88. The van der Waals surface area contributed by atoms with Crippen LogP contribution in [0.1, 0.15) is 10.4 Å². The second kappa shape index (κ2) is 6.52. The highest BCUT2D eigenvalue weighted by molar-refractivity contribution is 7.09. The summed E-state index contributed by atoms with van der Waals surface area (Å²) in [4.78, 5) is 5.65. The standard InChI is InChI=1S/C14H18N2OS/c1-15-12(9-13-4-3-7-18-13)8-11-5-6-14(17-2)16-10-11/h3-7,10,12,15H,8-9H2,1-2H3. The van der Waals surface area contributed by atoms with Gasteiger partial charge in [-0.05, 0) is 36.9 Å². The van der Waals surface area contributed by atoms with E-state index in [1.165, 1.54) is 10.4 Å². The lowest BCUT2D eigenvalue weighted by atomic mass is 10.0. The molecule has 2 aromatic rings. The molecule has 0 bridgehead atoms. The number of pyridine rings is 1. The summed E-state index contributed by atoms with van der Waals surface area (Å²) in [6.07, 6.45) is 3.92. The van der Waals surface area contributed by atoms with Gasteiger partial charge in [-0.2, -0.15) is 0 Å². The van der Waals surface area contributed by atoms with Crippen LogP contribution in [0.4, 0.5) is 0 Å². The van der Waals surface area contributed by atoms with Crippen molar-refractivity contribution in [2.75, 3.05) is 14.2 Å². The van der Waals surface area contributed by atoms with Crippen molar-refractivity contribution in [3.8, 4) is 5.88 Å². The quantitative estimate of drug-likeness (QED) is 0.868. The Balaban J connectivity index is 1.96. The van der Waals surface area contributed by atoms with Gasteiger partial charge in [-0.15, -0.1) is 11.3 Å². The summed E-state index contributed by atoms with van der Waals surface area (Å²) in [7, 11) is 3.64. The number of rotatable bonds is 6. The maximum atomic E-state index is 5.06. The molecule has 0 amide bonds. The third kappa shape index (κ3) is 3.55. The third-order valence-corrected chi connectivity index (χ3v) is 3.82. The van der Waals surface area contributed by atoms with Crippen molar-refractivity contribution in [1.29, 1.82) is 0 Å². The van der Waals surface area contributed by atoms with Gasteiger partial charge in [-0.3, -0.25) is 0 Å². The number of hydrogen-bond donors (Lipinski definition) is 1. The van der Waals surface area contributed by atoms with E-state index in [0.717, 1.165) is 12.8 Å². The summed E-state index contributed by atoms with van der Waals surface area (Å²) < 4.78 is 5.06. The number of ether oxygens (including phenoxy) is 1. The molecule has 0 fully saturated rings. The van der Waals surface area contributed by atoms with E-state index in [1.807, 2.05) is 30.6 Å². The van der Waals surface area contributed by atoms with E-state index in [1.54, 1.807) is 7.11 Å². The fourth-order valence-corrected chi connectivity index (χ4v) is 2.67. The van der Waals surface area contributed by atoms with Gasteiger partial charge in [-0.1, -0.05) is 12.1 Å². The van der Waals surface area contributed by atoms with Crippen LogP contribution in [-0.4, -0.2) is 25.2 Å². The molecule has 96 valence electrons. The van der Waals surface area contributed by atoms with Crippen LogP contribution in [0.2, 0.25) is 0 Å². The Morgan fingerprint density at radius 3 is 2.78 bits per heavy atom. The van der Waals surface area contributed by atoms with Crippen molar-refractivity contribution in [2.45, 2.75) is 18.9 Å². The molecule has 0 aliphatic heterocycles. The highest BCUT2D eigenvalue weighted by Gasteiger charge is 2.09. The summed E-state index contributed by atoms with van der Waals surface area (Å²) in [6, 6.07) is 8.71. The van der Waals surface area contributed by atoms with Gasteiger partial charge >= 0.3 is 0 Å². The Morgan fingerprint density at radius 1 is 1.33 bits per heavy atom. The average Bonchev–Trinajstić information content (AvgIpc) is 2.91. The smallest absolute Gasteiger partial charge is 0.212 e. The molecule has 2 rings (SSSR count). The maximum absolute atomic E-state index is 5.06. The minimum Gasteiger partial charge on any atom is -0.481 e. The summed E-state index contributed by atoms with van der Waals surface area (Å²) in [5.74, 6) is 0.665. The highest BCUT2D eigenvalue weighted by Crippen LogP contribution is 2.14. The lowest BCUT2D eigenvalue weighted by molar-refractivity contribution is 0.397. The van der Waals surface area contributed by atoms with Crippen molar-refractivity contribution >= 4 is 11.3 Å². The van der Waals surface area contributed by atoms with E-state index < -0.39 is 0 Å². The predicted molar refractivity (Wildman–Crippen MR) is 75.4 cm³/mol. The molecule has 2 aromatic heterocycles. The first-order valence-corrected chi connectivity index (χ1v) is 6.88. The second-order valence-corrected chi connectivity index (χ2v) is 5.21. The van der Waals surface area contributed by atoms with Gasteiger partial charge in [0.2, 0.25) is 5.88 Å². The molecule has 0 saturated carbocycles. The Bertz CT molecular complexity index is 453. The molecule has 1 unspecified atom stereocenters. The minimum absolute atomic E-state index is 0.443. The number of aromatic nitrogens is 1. The van der Waals surface area contributed by atoms with Crippen LogP contribution in [0.15, 0.2) is 35.8 Å². The zero-order valence-corrected chi connectivity index (χ0v) is 11.5. The largest absolute Gasteiger partial charge is 0.481 e. The minimum atomic E-state index is 0.443. The predicted octanol–water partition coefficient (Wildman–Crippen LogP) is 2.52. The van der Waals surface area contributed by atoms with Crippen LogP contribution in [-0.2, 0) is 12.8 Å². The highest BCUT2D eigenvalue weighted by atomic mass is 32.1. The second-order valence-electron chi connectivity index (χ2n) is 4.18. The van der Waals surface area contributed by atoms with Gasteiger partial charge in [-0.25, -0.2) is 4.98 Å². The van der Waals surface area contributed by atoms with Gasteiger partial charge in [0.15, 0.2) is 0 Å². The molecule has 0 radical (unpaired) electrons. The number of hydrogen-bond acceptors (Lipinski definition) is 4. The van der Waals surface area contributed by atoms with E-state index in [0.29, 0.717) is 11.9 Å². The molecule has 0 aromatic carbocycles. The molecule has 2 heterocycles. The van der Waals surface area contributed by atoms with Gasteiger partial charge in [0.1, 0.15) is 0 Å². The summed E-state index contributed by atoms with van der Waals surface area (Å²) in [6.45, 7) is 0. The molecule has 1 N–H and O–H groups in total. The van der Waals surface area contributed by atoms with Crippen molar-refractivity contribution < 1.29 is 4.74 Å². The monoisotopic (exact) mass is 262 g/mol. The summed E-state index contributed by atoms with van der Waals surface area (Å²) >= 11 is 1.81. The molecule has 4 heteroatoms. The first kappa shape index (κ1) is 13.1. The zero-order chi connectivity index (χ0) is 12.8. The Labute approximate surface area is 112 Å². The molecule has 0 spiro atoms.